The quantitative estimate of drug-likeness (QED) is 0.121. The van der Waals surface area contributed by atoms with E-state index in [0.717, 1.165) is 29.7 Å². The van der Waals surface area contributed by atoms with E-state index < -0.39 is 6.18 Å². The van der Waals surface area contributed by atoms with Gasteiger partial charge in [0.15, 0.2) is 0 Å². The first kappa shape index (κ1) is 38.1. The SMILES string of the molecule is CC(C)(C)Sc1ccc(B(CCC=CC(F)(F)F)c2ccc(SC(C)(C)C)cc2)cc1.CCc1nc[nH]c1CCCC(C)C. The second-order valence-corrected chi connectivity index (χ2v) is 17.4. The number of nitrogens with one attached hydrogen (secondary N) is 1. The first-order valence-corrected chi connectivity index (χ1v) is 17.4. The molecule has 3 rings (SSSR count). The zero-order valence-electron chi connectivity index (χ0n) is 28.1. The molecule has 242 valence electrons. The summed E-state index contributed by atoms with van der Waals surface area (Å²) in [6, 6.07) is 16.9. The molecule has 0 aliphatic carbocycles. The van der Waals surface area contributed by atoms with Gasteiger partial charge in [0.25, 0.3) is 0 Å². The topological polar surface area (TPSA) is 28.7 Å². The van der Waals surface area contributed by atoms with Gasteiger partial charge in [-0.3, -0.25) is 0 Å². The minimum atomic E-state index is -4.26. The number of alkyl halides is 3. The van der Waals surface area contributed by atoms with Crippen molar-refractivity contribution in [3.8, 4) is 0 Å². The summed E-state index contributed by atoms with van der Waals surface area (Å²) in [5.74, 6) is 0.813. The first-order valence-electron chi connectivity index (χ1n) is 15.8. The number of hydrogen-bond acceptors (Lipinski definition) is 3. The van der Waals surface area contributed by atoms with Gasteiger partial charge in [-0.2, -0.15) is 13.2 Å². The van der Waals surface area contributed by atoms with Crippen molar-refractivity contribution in [2.45, 2.75) is 126 Å². The monoisotopic (exact) mass is 644 g/mol. The third kappa shape index (κ3) is 15.8. The Kier molecular flexibility index (Phi) is 15.2. The molecule has 8 heteroatoms. The van der Waals surface area contributed by atoms with Crippen LogP contribution in [0.2, 0.25) is 6.32 Å². The van der Waals surface area contributed by atoms with Gasteiger partial charge in [0.05, 0.1) is 12.0 Å². The van der Waals surface area contributed by atoms with Crippen LogP contribution in [0, 0.1) is 5.92 Å². The van der Waals surface area contributed by atoms with E-state index in [0.29, 0.717) is 18.8 Å². The minimum Gasteiger partial charge on any atom is -0.348 e. The van der Waals surface area contributed by atoms with Gasteiger partial charge in [0.1, 0.15) is 0 Å². The molecule has 0 bridgehead atoms. The normalized spacial score (nSPS) is 12.5. The lowest BCUT2D eigenvalue weighted by Crippen LogP contribution is -2.41. The summed E-state index contributed by atoms with van der Waals surface area (Å²) in [5.41, 5.74) is 4.84. The Hall–Kier alpha value is -2.06. The summed E-state index contributed by atoms with van der Waals surface area (Å²) in [5, 5.41) is 0. The summed E-state index contributed by atoms with van der Waals surface area (Å²) in [4.78, 5) is 9.89. The lowest BCUT2D eigenvalue weighted by atomic mass is 9.38. The van der Waals surface area contributed by atoms with Crippen LogP contribution in [0.1, 0.15) is 93.0 Å². The number of hydrogen-bond donors (Lipinski definition) is 1. The zero-order valence-corrected chi connectivity index (χ0v) is 29.8. The maximum absolute atomic E-state index is 12.5. The summed E-state index contributed by atoms with van der Waals surface area (Å²) < 4.78 is 37.7. The van der Waals surface area contributed by atoms with Gasteiger partial charge in [-0.15, -0.1) is 23.5 Å². The van der Waals surface area contributed by atoms with Gasteiger partial charge in [-0.1, -0.05) is 116 Å². The van der Waals surface area contributed by atoms with Crippen molar-refractivity contribution in [1.29, 1.82) is 0 Å². The number of halogens is 3. The van der Waals surface area contributed by atoms with Crippen molar-refractivity contribution in [3.05, 3.63) is 78.4 Å². The number of nitrogens with zero attached hydrogens (tertiary/aromatic N) is 1. The molecule has 1 heterocycles. The smallest absolute Gasteiger partial charge is 0.348 e. The number of allylic oxidation sites excluding steroid dienone is 2. The molecule has 0 atom stereocenters. The molecule has 0 unspecified atom stereocenters. The van der Waals surface area contributed by atoms with Crippen LogP contribution in [0.15, 0.2) is 76.8 Å². The van der Waals surface area contributed by atoms with Gasteiger partial charge in [0, 0.05) is 31.1 Å². The van der Waals surface area contributed by atoms with Crippen molar-refractivity contribution >= 4 is 41.2 Å². The fraction of sp³-hybridized carbons (Fsp3) is 0.528. The number of H-pyrrole nitrogens is 1. The third-order valence-corrected chi connectivity index (χ3v) is 8.93. The third-order valence-electron chi connectivity index (χ3n) is 6.69. The lowest BCUT2D eigenvalue weighted by molar-refractivity contribution is -0.0800. The standard InChI is InChI=1S/C25H32BF3S2.C11H20N2/c1-23(2,3)30-21-13-9-19(10-14-21)26(18-8-7-17-25(27,28)29)20-11-15-22(16-12-20)31-24(4,5)6;1-4-10-11(13-8-12-10)7-5-6-9(2)3/h7,9-17H,8,18H2,1-6H3;8-9H,4-7H2,1-3H3,(H,12,13). The van der Waals surface area contributed by atoms with Crippen molar-refractivity contribution in [1.82, 2.24) is 9.97 Å². The number of thioether (sulfide) groups is 2. The molecule has 3 aromatic rings. The van der Waals surface area contributed by atoms with E-state index in [2.05, 4.69) is 121 Å². The number of aromatic nitrogens is 2. The van der Waals surface area contributed by atoms with Crippen molar-refractivity contribution in [3.63, 3.8) is 0 Å². The first-order chi connectivity index (χ1) is 20.5. The molecule has 0 saturated carbocycles. The molecule has 0 amide bonds. The molecule has 0 fully saturated rings. The van der Waals surface area contributed by atoms with Crippen LogP contribution < -0.4 is 10.9 Å². The fourth-order valence-corrected chi connectivity index (χ4v) is 6.77. The van der Waals surface area contributed by atoms with E-state index in [9.17, 15) is 13.2 Å². The Balaban J connectivity index is 0.000000432. The van der Waals surface area contributed by atoms with Crippen LogP contribution in [0.4, 0.5) is 13.2 Å². The van der Waals surface area contributed by atoms with E-state index in [4.69, 9.17) is 0 Å². The highest BCUT2D eigenvalue weighted by atomic mass is 32.2. The molecule has 1 aromatic heterocycles. The Morgan fingerprint density at radius 1 is 0.841 bits per heavy atom. The van der Waals surface area contributed by atoms with Gasteiger partial charge in [-0.25, -0.2) is 4.98 Å². The minimum absolute atomic E-state index is 0.0558. The molecule has 0 radical (unpaired) electrons. The zero-order chi connectivity index (χ0) is 33.0. The number of aryl methyl sites for hydroxylation is 2. The van der Waals surface area contributed by atoms with Crippen LogP contribution >= 0.6 is 23.5 Å². The van der Waals surface area contributed by atoms with E-state index in [-0.39, 0.29) is 16.2 Å². The second kappa shape index (κ2) is 17.6. The molecule has 0 aliphatic rings. The Bertz CT molecular complexity index is 1190. The van der Waals surface area contributed by atoms with E-state index in [1.54, 1.807) is 0 Å². The van der Waals surface area contributed by atoms with Crippen LogP contribution in [-0.2, 0) is 12.8 Å². The number of aromatic amines is 1. The summed E-state index contributed by atoms with van der Waals surface area (Å²) in [6.07, 6.45) is 4.91. The van der Waals surface area contributed by atoms with Crippen molar-refractivity contribution in [2.24, 2.45) is 5.92 Å². The Labute approximate surface area is 274 Å². The molecular weight excluding hydrogens is 592 g/mol. The van der Waals surface area contributed by atoms with Gasteiger partial charge < -0.3 is 4.98 Å². The molecular formula is C36H52BF3N2S2. The number of imidazole rings is 1. The maximum atomic E-state index is 12.5. The highest BCUT2D eigenvalue weighted by Gasteiger charge is 2.23. The lowest BCUT2D eigenvalue weighted by Gasteiger charge is -2.20. The van der Waals surface area contributed by atoms with Gasteiger partial charge in [-0.05, 0) is 55.9 Å². The molecule has 2 aromatic carbocycles. The van der Waals surface area contributed by atoms with Gasteiger partial charge in [0.2, 0.25) is 6.71 Å². The van der Waals surface area contributed by atoms with E-state index in [1.165, 1.54) is 40.1 Å². The van der Waals surface area contributed by atoms with Crippen molar-refractivity contribution in [2.75, 3.05) is 0 Å². The predicted octanol–water partition coefficient (Wildman–Crippen LogP) is 10.5. The highest BCUT2D eigenvalue weighted by molar-refractivity contribution is 8.00. The summed E-state index contributed by atoms with van der Waals surface area (Å²) in [6.45, 7) is 19.8. The summed E-state index contributed by atoms with van der Waals surface area (Å²) >= 11 is 3.62. The Morgan fingerprint density at radius 2 is 1.34 bits per heavy atom. The van der Waals surface area contributed by atoms with Crippen LogP contribution in [0.3, 0.4) is 0 Å². The fourth-order valence-electron chi connectivity index (χ4n) is 4.81. The van der Waals surface area contributed by atoms with E-state index in [1.807, 2.05) is 29.9 Å². The molecule has 1 N–H and O–H groups in total. The van der Waals surface area contributed by atoms with E-state index >= 15 is 0 Å². The average Bonchev–Trinajstić information content (AvgIpc) is 3.35. The highest BCUT2D eigenvalue weighted by Crippen LogP contribution is 2.32. The molecule has 44 heavy (non-hydrogen) atoms. The predicted molar refractivity (Wildman–Crippen MR) is 189 cm³/mol. The molecule has 2 nitrogen and oxygen atoms in total. The molecule has 0 aliphatic heterocycles. The summed E-state index contributed by atoms with van der Waals surface area (Å²) in [7, 11) is 0. The van der Waals surface area contributed by atoms with Crippen LogP contribution in [0.25, 0.3) is 0 Å². The number of rotatable bonds is 12. The van der Waals surface area contributed by atoms with Crippen molar-refractivity contribution < 1.29 is 13.2 Å². The van der Waals surface area contributed by atoms with Crippen LogP contribution in [-0.4, -0.2) is 32.4 Å². The average molecular weight is 645 g/mol. The maximum Gasteiger partial charge on any atom is 0.409 e. The second-order valence-electron chi connectivity index (χ2n) is 13.6. The van der Waals surface area contributed by atoms with Crippen LogP contribution in [0.5, 0.6) is 0 Å². The molecule has 0 spiro atoms. The molecule has 0 saturated heterocycles. The van der Waals surface area contributed by atoms with Gasteiger partial charge >= 0.3 is 6.18 Å². The number of benzene rings is 2. The largest absolute Gasteiger partial charge is 0.409 e. The Morgan fingerprint density at radius 3 is 1.75 bits per heavy atom.